The highest BCUT2D eigenvalue weighted by Crippen LogP contribution is 2.37. The van der Waals surface area contributed by atoms with Crippen molar-refractivity contribution >= 4 is 57.9 Å². The number of carbonyl (C=O) groups is 3. The quantitative estimate of drug-likeness (QED) is 0.830. The Hall–Kier alpha value is -2.63. The first-order valence-electron chi connectivity index (χ1n) is 7.31. The Kier molecular flexibility index (Phi) is 4.61. The van der Waals surface area contributed by atoms with Gasteiger partial charge in [-0.2, -0.15) is 0 Å². The summed E-state index contributed by atoms with van der Waals surface area (Å²) in [6.07, 6.45) is 0. The van der Waals surface area contributed by atoms with E-state index in [1.165, 1.54) is 6.92 Å². The van der Waals surface area contributed by atoms with E-state index in [4.69, 9.17) is 23.2 Å². The molecule has 1 aliphatic heterocycles. The van der Waals surface area contributed by atoms with Gasteiger partial charge in [0.2, 0.25) is 5.91 Å². The maximum atomic E-state index is 12.8. The minimum atomic E-state index is -0.624. The van der Waals surface area contributed by atoms with Crippen LogP contribution in [-0.2, 0) is 14.4 Å². The van der Waals surface area contributed by atoms with Crippen LogP contribution in [0.2, 0.25) is 5.02 Å². The number of amides is 3. The smallest absolute Gasteiger partial charge is 0.277 e. The predicted octanol–water partition coefficient (Wildman–Crippen LogP) is 3.82. The molecule has 0 saturated carbocycles. The molecule has 0 aromatic heterocycles. The third-order valence-corrected chi connectivity index (χ3v) is 4.28. The molecular weight excluding hydrogens is 363 g/mol. The van der Waals surface area contributed by atoms with Gasteiger partial charge in [-0.15, -0.1) is 0 Å². The van der Waals surface area contributed by atoms with E-state index >= 15 is 0 Å². The van der Waals surface area contributed by atoms with Gasteiger partial charge in [-0.05, 0) is 29.8 Å². The Bertz CT molecular complexity index is 920. The minimum absolute atomic E-state index is 0.0981. The highest BCUT2D eigenvalue weighted by atomic mass is 35.5. The van der Waals surface area contributed by atoms with Gasteiger partial charge in [0.15, 0.2) is 0 Å². The van der Waals surface area contributed by atoms with Gasteiger partial charge < -0.3 is 5.32 Å². The van der Waals surface area contributed by atoms with Crippen molar-refractivity contribution in [1.82, 2.24) is 0 Å². The number of hydrogen-bond acceptors (Lipinski definition) is 3. The summed E-state index contributed by atoms with van der Waals surface area (Å²) in [5, 5.41) is 2.73. The van der Waals surface area contributed by atoms with Crippen molar-refractivity contribution in [3.8, 4) is 0 Å². The topological polar surface area (TPSA) is 66.5 Å². The van der Waals surface area contributed by atoms with Gasteiger partial charge in [-0.3, -0.25) is 14.4 Å². The minimum Gasteiger partial charge on any atom is -0.326 e. The number of nitrogens with zero attached hydrogens (tertiary/aromatic N) is 1. The molecule has 2 aromatic rings. The van der Waals surface area contributed by atoms with Crippen molar-refractivity contribution in [2.75, 3.05) is 10.2 Å². The Morgan fingerprint density at radius 3 is 2.20 bits per heavy atom. The summed E-state index contributed by atoms with van der Waals surface area (Å²) < 4.78 is 0. The first-order valence-corrected chi connectivity index (χ1v) is 8.07. The monoisotopic (exact) mass is 374 g/mol. The van der Waals surface area contributed by atoms with E-state index in [0.717, 1.165) is 4.90 Å². The van der Waals surface area contributed by atoms with Crippen LogP contribution in [0.4, 0.5) is 11.4 Å². The van der Waals surface area contributed by atoms with Crippen LogP contribution in [0.3, 0.4) is 0 Å². The lowest BCUT2D eigenvalue weighted by atomic mass is 10.1. The molecule has 126 valence electrons. The van der Waals surface area contributed by atoms with Gasteiger partial charge in [0.25, 0.3) is 11.8 Å². The summed E-state index contributed by atoms with van der Waals surface area (Å²) in [5.41, 5.74) is 1.43. The third kappa shape index (κ3) is 3.16. The summed E-state index contributed by atoms with van der Waals surface area (Å²) in [6.45, 7) is 1.40. The number of carbonyl (C=O) groups excluding carboxylic acids is 3. The number of benzene rings is 2. The average Bonchev–Trinajstić information content (AvgIpc) is 2.79. The van der Waals surface area contributed by atoms with Crippen molar-refractivity contribution in [1.29, 1.82) is 0 Å². The largest absolute Gasteiger partial charge is 0.326 e. The number of anilines is 2. The molecule has 0 radical (unpaired) electrons. The summed E-state index contributed by atoms with van der Waals surface area (Å²) in [6, 6.07) is 13.0. The maximum absolute atomic E-state index is 12.8. The molecule has 0 spiro atoms. The molecule has 25 heavy (non-hydrogen) atoms. The van der Waals surface area contributed by atoms with Crippen LogP contribution < -0.4 is 10.2 Å². The van der Waals surface area contributed by atoms with E-state index in [9.17, 15) is 14.4 Å². The SMILES string of the molecule is CC(=O)Nc1ccc(C2=C(Cl)C(=O)N(c3ccccc3Cl)C2=O)cc1. The second-order valence-electron chi connectivity index (χ2n) is 5.34. The van der Waals surface area contributed by atoms with Gasteiger partial charge in [-0.25, -0.2) is 4.90 Å². The van der Waals surface area contributed by atoms with Gasteiger partial charge in [0.05, 0.1) is 16.3 Å². The number of nitrogens with one attached hydrogen (secondary N) is 1. The maximum Gasteiger partial charge on any atom is 0.277 e. The molecule has 5 nitrogen and oxygen atoms in total. The fourth-order valence-corrected chi connectivity index (χ4v) is 3.02. The normalized spacial score (nSPS) is 14.3. The van der Waals surface area contributed by atoms with E-state index in [2.05, 4.69) is 5.32 Å². The highest BCUT2D eigenvalue weighted by molar-refractivity contribution is 6.60. The third-order valence-electron chi connectivity index (χ3n) is 3.61. The molecule has 2 aromatic carbocycles. The second-order valence-corrected chi connectivity index (χ2v) is 6.13. The van der Waals surface area contributed by atoms with Crippen LogP contribution in [0.25, 0.3) is 5.57 Å². The fraction of sp³-hybridized carbons (Fsp3) is 0.0556. The van der Waals surface area contributed by atoms with Crippen molar-refractivity contribution in [2.24, 2.45) is 0 Å². The predicted molar refractivity (Wildman–Crippen MR) is 97.5 cm³/mol. The van der Waals surface area contributed by atoms with Gasteiger partial charge in [-0.1, -0.05) is 47.5 Å². The Morgan fingerprint density at radius 1 is 0.960 bits per heavy atom. The lowest BCUT2D eigenvalue weighted by molar-refractivity contribution is -0.120. The van der Waals surface area contributed by atoms with Gasteiger partial charge in [0.1, 0.15) is 5.03 Å². The van der Waals surface area contributed by atoms with Crippen molar-refractivity contribution in [3.05, 3.63) is 64.1 Å². The van der Waals surface area contributed by atoms with E-state index in [1.807, 2.05) is 0 Å². The van der Waals surface area contributed by atoms with Crippen molar-refractivity contribution in [2.45, 2.75) is 6.92 Å². The van der Waals surface area contributed by atoms with Gasteiger partial charge in [0, 0.05) is 12.6 Å². The average molecular weight is 375 g/mol. The molecule has 1 N–H and O–H groups in total. The zero-order valence-electron chi connectivity index (χ0n) is 13.0. The molecule has 3 amide bonds. The van der Waals surface area contributed by atoms with Gasteiger partial charge >= 0.3 is 0 Å². The van der Waals surface area contributed by atoms with E-state index in [1.54, 1.807) is 48.5 Å². The molecule has 0 unspecified atom stereocenters. The summed E-state index contributed by atoms with van der Waals surface area (Å²) >= 11 is 12.2. The van der Waals surface area contributed by atoms with Crippen molar-refractivity contribution < 1.29 is 14.4 Å². The zero-order chi connectivity index (χ0) is 18.1. The molecule has 0 saturated heterocycles. The number of rotatable bonds is 3. The molecule has 0 atom stereocenters. The molecule has 1 heterocycles. The Labute approximate surface area is 153 Å². The number of halogens is 2. The Morgan fingerprint density at radius 2 is 1.60 bits per heavy atom. The molecule has 7 heteroatoms. The summed E-state index contributed by atoms with van der Waals surface area (Å²) in [5.74, 6) is -1.38. The zero-order valence-corrected chi connectivity index (χ0v) is 14.6. The number of para-hydroxylation sites is 1. The Balaban J connectivity index is 1.97. The lowest BCUT2D eigenvalue weighted by Gasteiger charge is -2.16. The standard InChI is InChI=1S/C18H12Cl2N2O3/c1-10(23)21-12-8-6-11(7-9-12)15-16(20)18(25)22(17(15)24)14-5-3-2-4-13(14)19/h2-9H,1H3,(H,21,23). The molecule has 0 aliphatic carbocycles. The van der Waals surface area contributed by atoms with E-state index in [-0.39, 0.29) is 27.2 Å². The second kappa shape index (κ2) is 6.70. The van der Waals surface area contributed by atoms with Crippen LogP contribution in [-0.4, -0.2) is 17.7 Å². The van der Waals surface area contributed by atoms with Crippen molar-refractivity contribution in [3.63, 3.8) is 0 Å². The molecule has 0 fully saturated rings. The molecule has 0 bridgehead atoms. The van der Waals surface area contributed by atoms with Crippen LogP contribution in [0, 0.1) is 0 Å². The van der Waals surface area contributed by atoms with E-state index < -0.39 is 11.8 Å². The van der Waals surface area contributed by atoms with Crippen LogP contribution in [0.1, 0.15) is 12.5 Å². The molecule has 3 rings (SSSR count). The number of imide groups is 1. The first kappa shape index (κ1) is 17.2. The van der Waals surface area contributed by atoms with Crippen LogP contribution >= 0.6 is 23.2 Å². The fourth-order valence-electron chi connectivity index (χ4n) is 2.53. The highest BCUT2D eigenvalue weighted by Gasteiger charge is 2.39. The molecular formula is C18H12Cl2N2O3. The summed E-state index contributed by atoms with van der Waals surface area (Å²) in [4.78, 5) is 37.3. The summed E-state index contributed by atoms with van der Waals surface area (Å²) in [7, 11) is 0. The van der Waals surface area contributed by atoms with Crippen LogP contribution in [0.5, 0.6) is 0 Å². The van der Waals surface area contributed by atoms with Crippen LogP contribution in [0.15, 0.2) is 53.6 Å². The lowest BCUT2D eigenvalue weighted by Crippen LogP contribution is -2.31. The van der Waals surface area contributed by atoms with E-state index in [0.29, 0.717) is 11.3 Å². The molecule has 1 aliphatic rings. The first-order chi connectivity index (χ1) is 11.9. The number of hydrogen-bond donors (Lipinski definition) is 1.